The Balaban J connectivity index is 1.18. The zero-order valence-electron chi connectivity index (χ0n) is 18.0. The topological polar surface area (TPSA) is 112 Å². The molecule has 176 valence electrons. The van der Waals surface area contributed by atoms with Gasteiger partial charge in [-0.25, -0.2) is 8.42 Å². The Morgan fingerprint density at radius 1 is 0.853 bits per heavy atom. The van der Waals surface area contributed by atoms with Gasteiger partial charge in [0.1, 0.15) is 25.9 Å². The van der Waals surface area contributed by atoms with E-state index in [1.807, 2.05) is 24.3 Å². The molecular weight excluding hydrogens is 460 g/mol. The minimum Gasteiger partial charge on any atom is -0.486 e. The molecule has 0 spiro atoms. The van der Waals surface area contributed by atoms with E-state index in [1.165, 1.54) is 24.3 Å². The molecule has 10 heteroatoms. The molecule has 34 heavy (non-hydrogen) atoms. The van der Waals surface area contributed by atoms with Gasteiger partial charge in [0.2, 0.25) is 0 Å². The summed E-state index contributed by atoms with van der Waals surface area (Å²) in [5.74, 6) is 1.91. The number of hydrogen-bond acceptors (Lipinski definition) is 7. The van der Waals surface area contributed by atoms with Gasteiger partial charge in [0.15, 0.2) is 23.0 Å². The van der Waals surface area contributed by atoms with E-state index in [0.29, 0.717) is 54.1 Å². The number of para-hydroxylation sites is 2. The number of anilines is 1. The Kier molecular flexibility index (Phi) is 5.89. The highest BCUT2D eigenvalue weighted by molar-refractivity contribution is 7.92. The molecule has 3 aromatic rings. The quantitative estimate of drug-likeness (QED) is 0.556. The van der Waals surface area contributed by atoms with Gasteiger partial charge < -0.3 is 24.3 Å². The highest BCUT2D eigenvalue weighted by Gasteiger charge is 2.22. The van der Waals surface area contributed by atoms with Crippen LogP contribution in [0.2, 0.25) is 0 Å². The summed E-state index contributed by atoms with van der Waals surface area (Å²) < 4.78 is 50.4. The number of rotatable bonds is 6. The van der Waals surface area contributed by atoms with E-state index in [9.17, 15) is 13.2 Å². The van der Waals surface area contributed by atoms with Gasteiger partial charge >= 0.3 is 0 Å². The monoisotopic (exact) mass is 482 g/mol. The Labute approximate surface area is 196 Å². The van der Waals surface area contributed by atoms with Crippen molar-refractivity contribution in [3.05, 3.63) is 72.3 Å². The molecule has 0 saturated carbocycles. The van der Waals surface area contributed by atoms with Crippen LogP contribution in [0.3, 0.4) is 0 Å². The molecule has 0 fully saturated rings. The van der Waals surface area contributed by atoms with Gasteiger partial charge in [-0.2, -0.15) is 0 Å². The van der Waals surface area contributed by atoms with Crippen LogP contribution >= 0.6 is 0 Å². The Bertz CT molecular complexity index is 1310. The third kappa shape index (κ3) is 4.72. The number of sulfonamides is 1. The first-order valence-corrected chi connectivity index (χ1v) is 12.2. The summed E-state index contributed by atoms with van der Waals surface area (Å²) in [5, 5.41) is 2.81. The van der Waals surface area contributed by atoms with Crippen LogP contribution in [-0.2, 0) is 10.0 Å². The molecule has 2 N–H and O–H groups in total. The van der Waals surface area contributed by atoms with Gasteiger partial charge in [0.05, 0.1) is 11.4 Å². The summed E-state index contributed by atoms with van der Waals surface area (Å²) in [6.07, 6.45) is -0.309. The summed E-state index contributed by atoms with van der Waals surface area (Å²) in [5.41, 5.74) is 0.714. The second-order valence-corrected chi connectivity index (χ2v) is 9.38. The number of benzene rings is 3. The Hall–Kier alpha value is -3.92. The van der Waals surface area contributed by atoms with E-state index in [0.717, 1.165) is 0 Å². The SMILES string of the molecule is O=C(NCC1COc2ccccc2O1)c1ccc(NS(=O)(=O)c2ccc3c(c2)OCCO3)cc1. The molecule has 9 nitrogen and oxygen atoms in total. The standard InChI is InChI=1S/C24H22N2O7S/c27-24(25-14-18-15-32-20-3-1-2-4-22(20)33-18)16-5-7-17(8-6-16)26-34(28,29)19-9-10-21-23(13-19)31-12-11-30-21/h1-10,13,18,26H,11-12,14-15H2,(H,25,27). The van der Waals surface area contributed by atoms with Gasteiger partial charge in [-0.1, -0.05) is 12.1 Å². The molecule has 0 aliphatic carbocycles. The van der Waals surface area contributed by atoms with Gasteiger partial charge in [-0.3, -0.25) is 9.52 Å². The number of nitrogens with one attached hydrogen (secondary N) is 2. The van der Waals surface area contributed by atoms with E-state index < -0.39 is 10.0 Å². The fourth-order valence-electron chi connectivity index (χ4n) is 3.57. The molecule has 1 atom stereocenters. The first kappa shape index (κ1) is 21.9. The first-order chi connectivity index (χ1) is 16.5. The lowest BCUT2D eigenvalue weighted by Gasteiger charge is -2.26. The van der Waals surface area contributed by atoms with Crippen LogP contribution < -0.4 is 29.0 Å². The van der Waals surface area contributed by atoms with Crippen molar-refractivity contribution in [3.63, 3.8) is 0 Å². The summed E-state index contributed by atoms with van der Waals surface area (Å²) in [4.78, 5) is 12.6. The Morgan fingerprint density at radius 2 is 1.56 bits per heavy atom. The maximum absolute atomic E-state index is 12.8. The van der Waals surface area contributed by atoms with Crippen molar-refractivity contribution in [1.29, 1.82) is 0 Å². The summed E-state index contributed by atoms with van der Waals surface area (Å²) in [6, 6.07) is 18.0. The van der Waals surface area contributed by atoms with Crippen LogP contribution in [0, 0.1) is 0 Å². The molecule has 1 unspecified atom stereocenters. The number of amides is 1. The second kappa shape index (κ2) is 9.14. The van der Waals surface area contributed by atoms with E-state index in [2.05, 4.69) is 10.0 Å². The van der Waals surface area contributed by atoms with Crippen molar-refractivity contribution in [3.8, 4) is 23.0 Å². The third-order valence-corrected chi connectivity index (χ3v) is 6.66. The zero-order chi connectivity index (χ0) is 23.5. The van der Waals surface area contributed by atoms with Crippen molar-refractivity contribution in [2.45, 2.75) is 11.0 Å². The predicted octanol–water partition coefficient (Wildman–Crippen LogP) is 2.83. The van der Waals surface area contributed by atoms with Crippen molar-refractivity contribution >= 4 is 21.6 Å². The molecule has 1 amide bonds. The highest BCUT2D eigenvalue weighted by atomic mass is 32.2. The third-order valence-electron chi connectivity index (χ3n) is 5.28. The molecule has 2 heterocycles. The van der Waals surface area contributed by atoms with Crippen molar-refractivity contribution < 1.29 is 32.2 Å². The molecule has 2 aliphatic heterocycles. The summed E-state index contributed by atoms with van der Waals surface area (Å²) in [6.45, 7) is 1.39. The minimum atomic E-state index is -3.85. The van der Waals surface area contributed by atoms with Crippen LogP contribution in [0.25, 0.3) is 0 Å². The van der Waals surface area contributed by atoms with Crippen LogP contribution in [-0.4, -0.2) is 46.8 Å². The molecule has 0 saturated heterocycles. The van der Waals surface area contributed by atoms with Crippen LogP contribution in [0.4, 0.5) is 5.69 Å². The maximum Gasteiger partial charge on any atom is 0.262 e. The summed E-state index contributed by atoms with van der Waals surface area (Å²) >= 11 is 0. The smallest absolute Gasteiger partial charge is 0.262 e. The number of carbonyl (C=O) groups excluding carboxylic acids is 1. The average Bonchev–Trinajstić information content (AvgIpc) is 2.87. The molecule has 0 bridgehead atoms. The fraction of sp³-hybridized carbons (Fsp3) is 0.208. The van der Waals surface area contributed by atoms with Gasteiger partial charge in [0, 0.05) is 17.3 Å². The molecular formula is C24H22N2O7S. The lowest BCUT2D eigenvalue weighted by molar-refractivity contribution is 0.0789. The summed E-state index contributed by atoms with van der Waals surface area (Å²) in [7, 11) is -3.85. The van der Waals surface area contributed by atoms with Crippen LogP contribution in [0.5, 0.6) is 23.0 Å². The average molecular weight is 483 g/mol. The zero-order valence-corrected chi connectivity index (χ0v) is 18.8. The van der Waals surface area contributed by atoms with Gasteiger partial charge in [-0.05, 0) is 48.5 Å². The van der Waals surface area contributed by atoms with Crippen molar-refractivity contribution in [1.82, 2.24) is 5.32 Å². The first-order valence-electron chi connectivity index (χ1n) is 10.7. The Morgan fingerprint density at radius 3 is 2.35 bits per heavy atom. The number of hydrogen-bond donors (Lipinski definition) is 2. The number of fused-ring (bicyclic) bond motifs is 2. The van der Waals surface area contributed by atoms with Crippen LogP contribution in [0.1, 0.15) is 10.4 Å². The highest BCUT2D eigenvalue weighted by Crippen LogP contribution is 2.33. The molecule has 3 aromatic carbocycles. The van der Waals surface area contributed by atoms with E-state index in [-0.39, 0.29) is 23.5 Å². The van der Waals surface area contributed by atoms with E-state index >= 15 is 0 Å². The van der Waals surface area contributed by atoms with Crippen molar-refractivity contribution in [2.75, 3.05) is 31.1 Å². The molecule has 2 aliphatic rings. The van der Waals surface area contributed by atoms with Crippen LogP contribution in [0.15, 0.2) is 71.6 Å². The number of carbonyl (C=O) groups is 1. The minimum absolute atomic E-state index is 0.0508. The molecule has 0 aromatic heterocycles. The van der Waals surface area contributed by atoms with Crippen molar-refractivity contribution in [2.24, 2.45) is 0 Å². The number of ether oxygens (including phenoxy) is 4. The normalized spacial score (nSPS) is 16.4. The largest absolute Gasteiger partial charge is 0.486 e. The molecule has 5 rings (SSSR count). The maximum atomic E-state index is 12.8. The van der Waals surface area contributed by atoms with Gasteiger partial charge in [0.25, 0.3) is 15.9 Å². The lowest BCUT2D eigenvalue weighted by atomic mass is 10.2. The fourth-order valence-corrected chi connectivity index (χ4v) is 4.64. The lowest BCUT2D eigenvalue weighted by Crippen LogP contribution is -2.40. The van der Waals surface area contributed by atoms with E-state index in [1.54, 1.807) is 18.2 Å². The van der Waals surface area contributed by atoms with Gasteiger partial charge in [-0.15, -0.1) is 0 Å². The predicted molar refractivity (Wildman–Crippen MR) is 123 cm³/mol. The molecule has 0 radical (unpaired) electrons. The van der Waals surface area contributed by atoms with E-state index in [4.69, 9.17) is 18.9 Å². The second-order valence-electron chi connectivity index (χ2n) is 7.70.